The lowest BCUT2D eigenvalue weighted by molar-refractivity contribution is -0.145. The summed E-state index contributed by atoms with van der Waals surface area (Å²) in [4.78, 5) is 22.1. The Balaban J connectivity index is 2.64. The molecule has 1 saturated carbocycles. The molecule has 1 aliphatic carbocycles. The molecule has 0 spiro atoms. The molecule has 1 fully saturated rings. The Bertz CT molecular complexity index is 386. The van der Waals surface area contributed by atoms with Gasteiger partial charge in [-0.15, -0.1) is 0 Å². The highest BCUT2D eigenvalue weighted by atomic mass is 16.5. The van der Waals surface area contributed by atoms with Crippen molar-refractivity contribution in [3.8, 4) is 0 Å². The monoisotopic (exact) mass is 284 g/mol. The third kappa shape index (κ3) is 4.34. The topological polar surface area (TPSA) is 72.8 Å². The van der Waals surface area contributed by atoms with Gasteiger partial charge in [0.2, 0.25) is 0 Å². The van der Waals surface area contributed by atoms with E-state index in [9.17, 15) is 14.7 Å². The van der Waals surface area contributed by atoms with Gasteiger partial charge in [-0.25, -0.2) is 0 Å². The summed E-state index contributed by atoms with van der Waals surface area (Å²) in [6.45, 7) is 7.32. The lowest BCUT2D eigenvalue weighted by Crippen LogP contribution is -2.36. The largest absolute Gasteiger partial charge is 0.469 e. The highest BCUT2D eigenvalue weighted by Gasteiger charge is 2.45. The van der Waals surface area contributed by atoms with Crippen LogP contribution in [0.25, 0.3) is 0 Å². The van der Waals surface area contributed by atoms with Gasteiger partial charge in [0.25, 0.3) is 0 Å². The minimum atomic E-state index is -0.867. The number of rotatable bonds is 6. The fraction of sp³-hybridized carbons (Fsp3) is 0.733. The maximum absolute atomic E-state index is 11.2. The summed E-state index contributed by atoms with van der Waals surface area (Å²) in [6, 6.07) is 0. The van der Waals surface area contributed by atoms with Crippen LogP contribution in [0.4, 0.5) is 0 Å². The number of hydrogen-bond donors (Lipinski definition) is 1. The number of allylic oxidation sites excluding steroid dienone is 1. The van der Waals surface area contributed by atoms with E-state index in [1.807, 2.05) is 0 Å². The molecular weight excluding hydrogens is 260 g/mol. The first-order valence-electron chi connectivity index (χ1n) is 6.88. The molecule has 0 radical (unpaired) electrons. The smallest absolute Gasteiger partial charge is 0.305 e. The lowest BCUT2D eigenvalue weighted by atomic mass is 9.82. The third-order valence-corrected chi connectivity index (χ3v) is 4.11. The van der Waals surface area contributed by atoms with E-state index in [1.54, 1.807) is 6.92 Å². The van der Waals surface area contributed by atoms with E-state index in [1.165, 1.54) is 14.0 Å². The molecule has 1 N–H and O–H groups in total. The molecule has 114 valence electrons. The van der Waals surface area contributed by atoms with Crippen LogP contribution in [0.3, 0.4) is 0 Å². The number of methoxy groups -OCH3 is 1. The van der Waals surface area contributed by atoms with Crippen LogP contribution in [0, 0.1) is 11.8 Å². The fourth-order valence-electron chi connectivity index (χ4n) is 2.81. The maximum atomic E-state index is 11.2. The first kappa shape index (κ1) is 16.7. The zero-order valence-corrected chi connectivity index (χ0v) is 12.5. The van der Waals surface area contributed by atoms with Crippen LogP contribution in [0.2, 0.25) is 0 Å². The summed E-state index contributed by atoms with van der Waals surface area (Å²) < 4.78 is 9.67. The molecule has 0 bridgehead atoms. The molecule has 0 saturated heterocycles. The van der Waals surface area contributed by atoms with Gasteiger partial charge in [-0.2, -0.15) is 0 Å². The number of ether oxygens (including phenoxy) is 2. The molecule has 0 amide bonds. The van der Waals surface area contributed by atoms with E-state index in [0.29, 0.717) is 12.8 Å². The molecular formula is C15H24O5. The number of carbonyl (C=O) groups is 2. The van der Waals surface area contributed by atoms with Crippen molar-refractivity contribution in [1.29, 1.82) is 0 Å². The Labute approximate surface area is 119 Å². The second kappa shape index (κ2) is 6.88. The van der Waals surface area contributed by atoms with Crippen molar-refractivity contribution in [3.05, 3.63) is 12.2 Å². The van der Waals surface area contributed by atoms with Crippen molar-refractivity contribution in [1.82, 2.24) is 0 Å². The Morgan fingerprint density at radius 1 is 1.40 bits per heavy atom. The highest BCUT2D eigenvalue weighted by molar-refractivity contribution is 5.69. The van der Waals surface area contributed by atoms with Gasteiger partial charge >= 0.3 is 11.9 Å². The van der Waals surface area contributed by atoms with E-state index in [0.717, 1.165) is 12.0 Å². The van der Waals surface area contributed by atoms with Crippen molar-refractivity contribution in [2.24, 2.45) is 11.8 Å². The Hall–Kier alpha value is -1.36. The third-order valence-electron chi connectivity index (χ3n) is 4.11. The van der Waals surface area contributed by atoms with Crippen LogP contribution in [0.5, 0.6) is 0 Å². The number of aliphatic hydroxyl groups is 1. The van der Waals surface area contributed by atoms with Crippen molar-refractivity contribution in [2.75, 3.05) is 13.7 Å². The zero-order valence-electron chi connectivity index (χ0n) is 12.5. The summed E-state index contributed by atoms with van der Waals surface area (Å²) in [6.07, 6.45) is 2.25. The Morgan fingerprint density at radius 3 is 2.60 bits per heavy atom. The summed E-state index contributed by atoms with van der Waals surface area (Å²) in [5, 5.41) is 10.4. The van der Waals surface area contributed by atoms with Gasteiger partial charge in [-0.1, -0.05) is 12.2 Å². The normalized spacial score (nSPS) is 29.0. The van der Waals surface area contributed by atoms with E-state index in [-0.39, 0.29) is 36.8 Å². The predicted molar refractivity (Wildman–Crippen MR) is 73.9 cm³/mol. The molecule has 1 rings (SSSR count). The SMILES string of the molecule is C=C(CCC(=O)OC)[C@@H]1CC[C@@](C)(O)[C@H]1COC(C)=O. The van der Waals surface area contributed by atoms with E-state index >= 15 is 0 Å². The van der Waals surface area contributed by atoms with Gasteiger partial charge in [-0.3, -0.25) is 9.59 Å². The van der Waals surface area contributed by atoms with Crippen molar-refractivity contribution in [2.45, 2.75) is 45.1 Å². The highest BCUT2D eigenvalue weighted by Crippen LogP contribution is 2.44. The van der Waals surface area contributed by atoms with Gasteiger partial charge in [0.05, 0.1) is 19.3 Å². The standard InChI is InChI=1S/C15H24O5/c1-10(5-6-14(17)19-4)12-7-8-15(3,18)13(12)9-20-11(2)16/h12-13,18H,1,5-9H2,2-4H3/t12-,13-,15+/m0/s1. The van der Waals surface area contributed by atoms with Gasteiger partial charge in [-0.05, 0) is 32.1 Å². The van der Waals surface area contributed by atoms with Crippen molar-refractivity contribution in [3.63, 3.8) is 0 Å². The van der Waals surface area contributed by atoms with Gasteiger partial charge in [0, 0.05) is 19.3 Å². The second-order valence-electron chi connectivity index (χ2n) is 5.65. The average molecular weight is 284 g/mol. The number of hydrogen-bond acceptors (Lipinski definition) is 5. The van der Waals surface area contributed by atoms with Crippen LogP contribution in [0.1, 0.15) is 39.5 Å². The summed E-state index contributed by atoms with van der Waals surface area (Å²) >= 11 is 0. The second-order valence-corrected chi connectivity index (χ2v) is 5.65. The van der Waals surface area contributed by atoms with Crippen LogP contribution in [0.15, 0.2) is 12.2 Å². The van der Waals surface area contributed by atoms with Crippen LogP contribution >= 0.6 is 0 Å². The molecule has 5 heteroatoms. The van der Waals surface area contributed by atoms with Crippen LogP contribution in [-0.4, -0.2) is 36.4 Å². The quantitative estimate of drug-likeness (QED) is 0.595. The molecule has 0 aromatic rings. The number of carbonyl (C=O) groups excluding carboxylic acids is 2. The Morgan fingerprint density at radius 2 is 2.05 bits per heavy atom. The van der Waals surface area contributed by atoms with Crippen molar-refractivity contribution >= 4 is 11.9 Å². The summed E-state index contributed by atoms with van der Waals surface area (Å²) in [7, 11) is 1.36. The Kier molecular flexibility index (Phi) is 5.74. The van der Waals surface area contributed by atoms with Crippen molar-refractivity contribution < 1.29 is 24.2 Å². The molecule has 5 nitrogen and oxygen atoms in total. The van der Waals surface area contributed by atoms with E-state index in [2.05, 4.69) is 11.3 Å². The zero-order chi connectivity index (χ0) is 15.3. The fourth-order valence-corrected chi connectivity index (χ4v) is 2.81. The predicted octanol–water partition coefficient (Wildman–Crippen LogP) is 1.84. The summed E-state index contributed by atoms with van der Waals surface area (Å²) in [5.74, 6) is -0.732. The summed E-state index contributed by atoms with van der Waals surface area (Å²) in [5.41, 5.74) is 0.0410. The first-order valence-corrected chi connectivity index (χ1v) is 6.88. The molecule has 0 aliphatic heterocycles. The molecule has 1 aliphatic rings. The molecule has 0 heterocycles. The van der Waals surface area contributed by atoms with E-state index < -0.39 is 5.60 Å². The maximum Gasteiger partial charge on any atom is 0.305 e. The van der Waals surface area contributed by atoms with Gasteiger partial charge < -0.3 is 14.6 Å². The van der Waals surface area contributed by atoms with Crippen LogP contribution in [-0.2, 0) is 19.1 Å². The van der Waals surface area contributed by atoms with E-state index in [4.69, 9.17) is 4.74 Å². The molecule has 0 aromatic heterocycles. The minimum Gasteiger partial charge on any atom is -0.469 e. The molecule has 0 aromatic carbocycles. The minimum absolute atomic E-state index is 0.0639. The molecule has 0 unspecified atom stereocenters. The van der Waals surface area contributed by atoms with Crippen LogP contribution < -0.4 is 0 Å². The first-order chi connectivity index (χ1) is 9.27. The van der Waals surface area contributed by atoms with Gasteiger partial charge in [0.1, 0.15) is 0 Å². The van der Waals surface area contributed by atoms with Gasteiger partial charge in [0.15, 0.2) is 0 Å². The number of esters is 2. The molecule has 3 atom stereocenters. The average Bonchev–Trinajstić information content (AvgIpc) is 2.68. The molecule has 20 heavy (non-hydrogen) atoms. The lowest BCUT2D eigenvalue weighted by Gasteiger charge is -2.29.